The van der Waals surface area contributed by atoms with Crippen LogP contribution in [0.5, 0.6) is 0 Å². The van der Waals surface area contributed by atoms with Crippen molar-refractivity contribution in [2.45, 2.75) is 38.9 Å². The smallest absolute Gasteiger partial charge is 0.399 e. The molecule has 1 fully saturated rings. The minimum atomic E-state index is -0.490. The first-order valence-corrected chi connectivity index (χ1v) is 14.8. The van der Waals surface area contributed by atoms with Crippen molar-refractivity contribution in [3.05, 3.63) is 121 Å². The summed E-state index contributed by atoms with van der Waals surface area (Å²) < 4.78 is 31.2. The maximum absolute atomic E-state index is 16.1. The SMILES string of the molecule is CC1(C)OB(c2cccc(-n3c4ccccc4c4c5ccccc5cc(-c5cc6ccccc6cc5F)c43)c2)OC1(C)C. The maximum Gasteiger partial charge on any atom is 0.494 e. The Morgan fingerprint density at radius 2 is 1.21 bits per heavy atom. The van der Waals surface area contributed by atoms with E-state index in [0.29, 0.717) is 5.56 Å². The molecule has 1 aliphatic rings. The lowest BCUT2D eigenvalue weighted by molar-refractivity contribution is 0.00578. The van der Waals surface area contributed by atoms with E-state index in [-0.39, 0.29) is 5.82 Å². The summed E-state index contributed by atoms with van der Waals surface area (Å²) in [5.41, 5.74) is 4.50. The zero-order chi connectivity index (χ0) is 29.5. The summed E-state index contributed by atoms with van der Waals surface area (Å²) in [6.45, 7) is 8.28. The zero-order valence-corrected chi connectivity index (χ0v) is 24.7. The van der Waals surface area contributed by atoms with Crippen molar-refractivity contribution in [2.24, 2.45) is 0 Å². The molecule has 210 valence electrons. The van der Waals surface area contributed by atoms with E-state index in [1.54, 1.807) is 6.07 Å². The molecule has 0 saturated carbocycles. The van der Waals surface area contributed by atoms with Crippen LogP contribution in [-0.2, 0) is 9.31 Å². The van der Waals surface area contributed by atoms with Gasteiger partial charge in [-0.15, -0.1) is 0 Å². The van der Waals surface area contributed by atoms with Crippen LogP contribution in [-0.4, -0.2) is 22.9 Å². The minimum absolute atomic E-state index is 0.238. The lowest BCUT2D eigenvalue weighted by atomic mass is 9.79. The van der Waals surface area contributed by atoms with Gasteiger partial charge in [0.15, 0.2) is 0 Å². The second-order valence-electron chi connectivity index (χ2n) is 12.6. The molecule has 8 rings (SSSR count). The summed E-state index contributed by atoms with van der Waals surface area (Å²) >= 11 is 0. The molecule has 0 aliphatic carbocycles. The molecule has 0 N–H and O–H groups in total. The van der Waals surface area contributed by atoms with Crippen molar-refractivity contribution in [2.75, 3.05) is 0 Å². The molecule has 1 aromatic heterocycles. The predicted molar refractivity (Wildman–Crippen MR) is 177 cm³/mol. The average molecular weight is 563 g/mol. The first kappa shape index (κ1) is 26.2. The molecular weight excluding hydrogens is 532 g/mol. The third kappa shape index (κ3) is 3.96. The van der Waals surface area contributed by atoms with Crippen LogP contribution in [0.4, 0.5) is 4.39 Å². The van der Waals surface area contributed by atoms with Gasteiger partial charge in [-0.2, -0.15) is 0 Å². The van der Waals surface area contributed by atoms with E-state index in [2.05, 4.69) is 99.0 Å². The molecule has 6 aromatic carbocycles. The predicted octanol–water partition coefficient (Wildman–Crippen LogP) is 9.20. The Hall–Kier alpha value is -4.45. The van der Waals surface area contributed by atoms with Crippen LogP contribution in [0.2, 0.25) is 0 Å². The topological polar surface area (TPSA) is 23.4 Å². The highest BCUT2D eigenvalue weighted by atomic mass is 19.1. The van der Waals surface area contributed by atoms with E-state index >= 15 is 4.39 Å². The highest BCUT2D eigenvalue weighted by molar-refractivity contribution is 6.62. The minimum Gasteiger partial charge on any atom is -0.399 e. The van der Waals surface area contributed by atoms with Crippen LogP contribution in [0.25, 0.3) is 60.2 Å². The van der Waals surface area contributed by atoms with E-state index in [4.69, 9.17) is 9.31 Å². The van der Waals surface area contributed by atoms with Gasteiger partial charge < -0.3 is 13.9 Å². The number of halogens is 1. The first-order chi connectivity index (χ1) is 20.7. The lowest BCUT2D eigenvalue weighted by Gasteiger charge is -2.32. The van der Waals surface area contributed by atoms with Gasteiger partial charge in [0.2, 0.25) is 0 Å². The zero-order valence-electron chi connectivity index (χ0n) is 24.7. The van der Waals surface area contributed by atoms with Crippen molar-refractivity contribution in [1.82, 2.24) is 4.57 Å². The van der Waals surface area contributed by atoms with Crippen LogP contribution in [0.3, 0.4) is 0 Å². The summed E-state index contributed by atoms with van der Waals surface area (Å²) in [7, 11) is -0.490. The van der Waals surface area contributed by atoms with E-state index in [9.17, 15) is 0 Å². The molecule has 0 atom stereocenters. The van der Waals surface area contributed by atoms with E-state index in [1.807, 2.05) is 42.5 Å². The average Bonchev–Trinajstić information content (AvgIpc) is 3.46. The van der Waals surface area contributed by atoms with E-state index in [1.165, 1.54) is 0 Å². The molecule has 0 bridgehead atoms. The fourth-order valence-corrected chi connectivity index (χ4v) is 6.52. The van der Waals surface area contributed by atoms with E-state index < -0.39 is 18.3 Å². The highest BCUT2D eigenvalue weighted by Gasteiger charge is 2.51. The van der Waals surface area contributed by atoms with Crippen LogP contribution in [0, 0.1) is 5.82 Å². The molecule has 3 nitrogen and oxygen atoms in total. The van der Waals surface area contributed by atoms with Gasteiger partial charge in [-0.05, 0) is 91.1 Å². The van der Waals surface area contributed by atoms with Gasteiger partial charge in [-0.3, -0.25) is 0 Å². The standard InChI is InChI=1S/C38H31BFNO2/c1-37(2)38(3,4)43-39(42-37)27-15-11-16-28(23-27)41-34-19-10-9-18-30(34)35-29-17-8-7-14-26(29)21-32(36(35)41)31-20-24-12-5-6-13-25(24)22-33(31)40/h5-23H,1-4H3. The normalized spacial score (nSPS) is 16.2. The number of rotatable bonds is 3. The summed E-state index contributed by atoms with van der Waals surface area (Å²) in [4.78, 5) is 0. The third-order valence-corrected chi connectivity index (χ3v) is 9.44. The Kier molecular flexibility index (Phi) is 5.65. The molecule has 0 amide bonds. The van der Waals surface area contributed by atoms with Crippen molar-refractivity contribution in [3.63, 3.8) is 0 Å². The Labute approximate surface area is 250 Å². The molecule has 0 spiro atoms. The second-order valence-corrected chi connectivity index (χ2v) is 12.6. The molecule has 5 heteroatoms. The Bertz CT molecular complexity index is 2220. The molecular formula is C38H31BFNO2. The van der Waals surface area contributed by atoms with Crippen LogP contribution in [0.15, 0.2) is 115 Å². The fraction of sp³-hybridized carbons (Fsp3) is 0.158. The monoisotopic (exact) mass is 563 g/mol. The number of nitrogens with zero attached hydrogens (tertiary/aromatic N) is 1. The quantitative estimate of drug-likeness (QED) is 0.200. The second kappa shape index (κ2) is 9.28. The van der Waals surface area contributed by atoms with E-state index in [0.717, 1.165) is 60.1 Å². The van der Waals surface area contributed by atoms with Gasteiger partial charge >= 0.3 is 7.12 Å². The number of hydrogen-bond acceptors (Lipinski definition) is 2. The molecule has 7 aromatic rings. The lowest BCUT2D eigenvalue weighted by Crippen LogP contribution is -2.41. The van der Waals surface area contributed by atoms with Crippen molar-refractivity contribution in [1.29, 1.82) is 0 Å². The molecule has 0 radical (unpaired) electrons. The van der Waals surface area contributed by atoms with Gasteiger partial charge in [-0.25, -0.2) is 4.39 Å². The van der Waals surface area contributed by atoms with Gasteiger partial charge in [0, 0.05) is 27.6 Å². The summed E-state index contributed by atoms with van der Waals surface area (Å²) in [6, 6.07) is 38.9. The van der Waals surface area contributed by atoms with Crippen LogP contribution in [0.1, 0.15) is 27.7 Å². The van der Waals surface area contributed by atoms with Gasteiger partial charge in [0.1, 0.15) is 5.82 Å². The number of para-hydroxylation sites is 1. The third-order valence-electron chi connectivity index (χ3n) is 9.44. The molecule has 0 unspecified atom stereocenters. The van der Waals surface area contributed by atoms with Crippen LogP contribution >= 0.6 is 0 Å². The van der Waals surface area contributed by atoms with Crippen LogP contribution < -0.4 is 5.46 Å². The maximum atomic E-state index is 16.1. The van der Waals surface area contributed by atoms with Gasteiger partial charge in [0.05, 0.1) is 22.2 Å². The number of aromatic nitrogens is 1. The Morgan fingerprint density at radius 1 is 0.605 bits per heavy atom. The van der Waals surface area contributed by atoms with Crippen molar-refractivity contribution < 1.29 is 13.7 Å². The molecule has 1 saturated heterocycles. The number of benzene rings is 6. The summed E-state index contributed by atoms with van der Waals surface area (Å²) in [5.74, 6) is -0.238. The van der Waals surface area contributed by atoms with Gasteiger partial charge in [0.25, 0.3) is 0 Å². The van der Waals surface area contributed by atoms with Crippen molar-refractivity contribution in [3.8, 4) is 16.8 Å². The molecule has 43 heavy (non-hydrogen) atoms. The Balaban J connectivity index is 1.46. The van der Waals surface area contributed by atoms with Crippen molar-refractivity contribution >= 4 is 55.9 Å². The molecule has 2 heterocycles. The highest BCUT2D eigenvalue weighted by Crippen LogP contribution is 2.44. The first-order valence-electron chi connectivity index (χ1n) is 14.8. The summed E-state index contributed by atoms with van der Waals surface area (Å²) in [5, 5.41) is 6.34. The number of fused-ring (bicyclic) bond motifs is 6. The number of hydrogen-bond donors (Lipinski definition) is 0. The fourth-order valence-electron chi connectivity index (χ4n) is 6.52. The Morgan fingerprint density at radius 3 is 1.95 bits per heavy atom. The summed E-state index contributed by atoms with van der Waals surface area (Å²) in [6.07, 6.45) is 0. The molecule has 1 aliphatic heterocycles. The largest absolute Gasteiger partial charge is 0.494 e. The van der Waals surface area contributed by atoms with Gasteiger partial charge in [-0.1, -0.05) is 78.9 Å².